The van der Waals surface area contributed by atoms with Crippen LogP contribution in [0.5, 0.6) is 0 Å². The van der Waals surface area contributed by atoms with E-state index < -0.39 is 5.91 Å². The summed E-state index contributed by atoms with van der Waals surface area (Å²) in [6.45, 7) is 0. The number of amides is 1. The minimum Gasteiger partial charge on any atom is -0.273 e. The summed E-state index contributed by atoms with van der Waals surface area (Å²) in [5.74, 6) is -0.865. The van der Waals surface area contributed by atoms with Crippen molar-refractivity contribution in [1.29, 1.82) is 0 Å². The van der Waals surface area contributed by atoms with Crippen molar-refractivity contribution < 1.29 is 9.18 Å². The fourth-order valence-corrected chi connectivity index (χ4v) is 0.909. The van der Waals surface area contributed by atoms with Gasteiger partial charge in [-0.1, -0.05) is 12.1 Å². The van der Waals surface area contributed by atoms with Gasteiger partial charge in [0, 0.05) is 6.42 Å². The Balaban J connectivity index is 2.53. The third-order valence-corrected chi connectivity index (χ3v) is 1.55. The molecule has 1 aromatic carbocycles. The second-order valence-corrected chi connectivity index (χ2v) is 2.55. The van der Waals surface area contributed by atoms with E-state index in [4.69, 9.17) is 5.73 Å². The van der Waals surface area contributed by atoms with Crippen LogP contribution in [0.3, 0.4) is 0 Å². The number of hydrogen-bond donors (Lipinski definition) is 0. The first-order valence-corrected chi connectivity index (χ1v) is 3.67. The summed E-state index contributed by atoms with van der Waals surface area (Å²) < 4.78 is 12.4. The number of benzene rings is 1. The smallest absolute Gasteiger partial charge is 0.238 e. The van der Waals surface area contributed by atoms with Gasteiger partial charge in [0.15, 0.2) is 0 Å². The third-order valence-electron chi connectivity index (χ3n) is 1.55. The maximum Gasteiger partial charge on any atom is 0.238 e. The Hall–Kier alpha value is -1.38. The first-order chi connectivity index (χ1) is 5.68. The molecule has 3 heteroatoms. The van der Waals surface area contributed by atoms with E-state index in [2.05, 4.69) is 0 Å². The van der Waals surface area contributed by atoms with Gasteiger partial charge in [-0.05, 0) is 24.1 Å². The van der Waals surface area contributed by atoms with Crippen molar-refractivity contribution in [3.8, 4) is 0 Å². The van der Waals surface area contributed by atoms with Crippen molar-refractivity contribution in [2.75, 3.05) is 0 Å². The monoisotopic (exact) mass is 166 g/mol. The molecule has 63 valence electrons. The highest BCUT2D eigenvalue weighted by atomic mass is 19.1. The molecule has 0 heterocycles. The highest BCUT2D eigenvalue weighted by molar-refractivity contribution is 5.73. The van der Waals surface area contributed by atoms with Gasteiger partial charge >= 0.3 is 0 Å². The SMILES string of the molecule is [NH]C(=O)CCc1ccc(F)cc1. The number of rotatable bonds is 3. The first kappa shape index (κ1) is 8.71. The van der Waals surface area contributed by atoms with Crippen LogP contribution >= 0.6 is 0 Å². The normalized spacial score (nSPS) is 9.75. The molecule has 0 aliphatic heterocycles. The Kier molecular flexibility index (Phi) is 2.80. The largest absolute Gasteiger partial charge is 0.273 e. The highest BCUT2D eigenvalue weighted by Gasteiger charge is 1.97. The Bertz CT molecular complexity index is 268. The van der Waals surface area contributed by atoms with Gasteiger partial charge < -0.3 is 0 Å². The predicted octanol–water partition coefficient (Wildman–Crippen LogP) is 1.57. The van der Waals surface area contributed by atoms with Gasteiger partial charge in [-0.25, -0.2) is 4.39 Å². The second-order valence-electron chi connectivity index (χ2n) is 2.55. The number of carbonyl (C=O) groups excluding carboxylic acids is 1. The van der Waals surface area contributed by atoms with Crippen LogP contribution in [0.15, 0.2) is 24.3 Å². The molecule has 0 saturated carbocycles. The molecule has 12 heavy (non-hydrogen) atoms. The lowest BCUT2D eigenvalue weighted by molar-refractivity contribution is -0.118. The molecule has 2 nitrogen and oxygen atoms in total. The van der Waals surface area contributed by atoms with Crippen LogP contribution in [-0.2, 0) is 11.2 Å². The molecule has 0 spiro atoms. The number of nitrogens with one attached hydrogen (secondary N) is 1. The number of aryl methyl sites for hydroxylation is 1. The van der Waals surface area contributed by atoms with Crippen LogP contribution in [0.2, 0.25) is 0 Å². The van der Waals surface area contributed by atoms with Gasteiger partial charge in [-0.15, -0.1) is 0 Å². The zero-order chi connectivity index (χ0) is 8.97. The van der Waals surface area contributed by atoms with Gasteiger partial charge in [0.1, 0.15) is 5.82 Å². The summed E-state index contributed by atoms with van der Waals surface area (Å²) in [5, 5.41) is 0. The van der Waals surface area contributed by atoms with E-state index in [9.17, 15) is 9.18 Å². The van der Waals surface area contributed by atoms with Crippen molar-refractivity contribution >= 4 is 5.91 Å². The van der Waals surface area contributed by atoms with Gasteiger partial charge in [0.25, 0.3) is 0 Å². The molecule has 0 atom stereocenters. The molecular weight excluding hydrogens is 157 g/mol. The lowest BCUT2D eigenvalue weighted by atomic mass is 10.1. The lowest BCUT2D eigenvalue weighted by Crippen LogP contribution is -1.99. The Labute approximate surface area is 70.2 Å². The van der Waals surface area contributed by atoms with Gasteiger partial charge in [-0.2, -0.15) is 0 Å². The average molecular weight is 166 g/mol. The Morgan fingerprint density at radius 3 is 2.42 bits per heavy atom. The van der Waals surface area contributed by atoms with E-state index in [1.165, 1.54) is 12.1 Å². The minimum absolute atomic E-state index is 0.200. The molecule has 0 aliphatic rings. The fraction of sp³-hybridized carbons (Fsp3) is 0.222. The summed E-state index contributed by atoms with van der Waals surface area (Å²) in [6.07, 6.45) is 0.717. The van der Waals surface area contributed by atoms with Crippen molar-refractivity contribution in [3.63, 3.8) is 0 Å². The van der Waals surface area contributed by atoms with Crippen LogP contribution in [0.1, 0.15) is 12.0 Å². The van der Waals surface area contributed by atoms with E-state index in [0.29, 0.717) is 6.42 Å². The fourth-order valence-electron chi connectivity index (χ4n) is 0.909. The molecule has 1 N–H and O–H groups in total. The van der Waals surface area contributed by atoms with Gasteiger partial charge in [0.05, 0.1) is 0 Å². The summed E-state index contributed by atoms with van der Waals surface area (Å²) in [6, 6.07) is 5.95. The van der Waals surface area contributed by atoms with E-state index in [1.807, 2.05) is 0 Å². The van der Waals surface area contributed by atoms with Crippen molar-refractivity contribution in [1.82, 2.24) is 5.73 Å². The average Bonchev–Trinajstić information content (AvgIpc) is 2.03. The molecule has 1 radical (unpaired) electrons. The summed E-state index contributed by atoms with van der Waals surface area (Å²) in [7, 11) is 0. The van der Waals surface area contributed by atoms with Crippen molar-refractivity contribution in [2.24, 2.45) is 0 Å². The molecular formula is C9H9FNO. The molecule has 0 saturated heterocycles. The van der Waals surface area contributed by atoms with Crippen LogP contribution in [0.25, 0.3) is 0 Å². The lowest BCUT2D eigenvalue weighted by Gasteiger charge is -1.96. The molecule has 1 rings (SSSR count). The van der Waals surface area contributed by atoms with E-state index in [0.717, 1.165) is 5.56 Å². The summed E-state index contributed by atoms with van der Waals surface area (Å²) in [4.78, 5) is 10.3. The van der Waals surface area contributed by atoms with E-state index in [-0.39, 0.29) is 12.2 Å². The maximum atomic E-state index is 12.4. The van der Waals surface area contributed by atoms with E-state index >= 15 is 0 Å². The predicted molar refractivity (Wildman–Crippen MR) is 42.8 cm³/mol. The quantitative estimate of drug-likeness (QED) is 0.671. The number of carbonyl (C=O) groups is 1. The molecule has 0 fully saturated rings. The van der Waals surface area contributed by atoms with Crippen LogP contribution in [0.4, 0.5) is 4.39 Å². The number of hydrogen-bond acceptors (Lipinski definition) is 1. The molecule has 0 unspecified atom stereocenters. The summed E-state index contributed by atoms with van der Waals surface area (Å²) >= 11 is 0. The molecule has 1 amide bonds. The van der Waals surface area contributed by atoms with E-state index in [1.54, 1.807) is 12.1 Å². The first-order valence-electron chi connectivity index (χ1n) is 3.67. The Morgan fingerprint density at radius 2 is 1.92 bits per heavy atom. The number of halogens is 1. The van der Waals surface area contributed by atoms with Crippen LogP contribution in [-0.4, -0.2) is 5.91 Å². The molecule has 0 aliphatic carbocycles. The molecule has 1 aromatic rings. The zero-order valence-corrected chi connectivity index (χ0v) is 6.51. The standard InChI is InChI=1S/C9H9FNO/c10-8-4-1-7(2-5-8)3-6-9(11)12/h1-2,4-5,11H,3,6H2. The summed E-state index contributed by atoms with van der Waals surface area (Å²) in [5.41, 5.74) is 7.54. The maximum absolute atomic E-state index is 12.4. The minimum atomic E-state index is -0.584. The second kappa shape index (κ2) is 3.85. The topological polar surface area (TPSA) is 40.9 Å². The molecule has 0 aromatic heterocycles. The van der Waals surface area contributed by atoms with Crippen LogP contribution < -0.4 is 5.73 Å². The van der Waals surface area contributed by atoms with Crippen LogP contribution in [0, 0.1) is 5.82 Å². The van der Waals surface area contributed by atoms with Crippen molar-refractivity contribution in [2.45, 2.75) is 12.8 Å². The highest BCUT2D eigenvalue weighted by Crippen LogP contribution is 2.04. The zero-order valence-electron chi connectivity index (χ0n) is 6.51. The molecule has 0 bridgehead atoms. The van der Waals surface area contributed by atoms with Gasteiger partial charge in [-0.3, -0.25) is 10.5 Å². The van der Waals surface area contributed by atoms with Crippen molar-refractivity contribution in [3.05, 3.63) is 35.6 Å². The van der Waals surface area contributed by atoms with Gasteiger partial charge in [0.2, 0.25) is 5.91 Å². The third kappa shape index (κ3) is 2.70. The Morgan fingerprint density at radius 1 is 1.33 bits per heavy atom.